The molecule has 0 unspecified atom stereocenters. The van der Waals surface area contributed by atoms with Crippen LogP contribution in [0.1, 0.15) is 34.1 Å². The van der Waals surface area contributed by atoms with Gasteiger partial charge in [-0.25, -0.2) is 14.8 Å². The van der Waals surface area contributed by atoms with Gasteiger partial charge < -0.3 is 10.4 Å². The van der Waals surface area contributed by atoms with Crippen LogP contribution < -0.4 is 5.32 Å². The number of aryl methyl sites for hydroxylation is 2. The Labute approximate surface area is 162 Å². The molecule has 0 fully saturated rings. The van der Waals surface area contributed by atoms with Crippen molar-refractivity contribution in [1.82, 2.24) is 9.97 Å². The molecule has 0 aliphatic heterocycles. The van der Waals surface area contributed by atoms with E-state index in [1.807, 2.05) is 29.8 Å². The van der Waals surface area contributed by atoms with Gasteiger partial charge in [0.2, 0.25) is 0 Å². The van der Waals surface area contributed by atoms with Crippen molar-refractivity contribution in [3.63, 3.8) is 0 Å². The Balaban J connectivity index is 2.08. The Morgan fingerprint density at radius 2 is 2.15 bits per heavy atom. The van der Waals surface area contributed by atoms with Crippen LogP contribution in [0.3, 0.4) is 0 Å². The van der Waals surface area contributed by atoms with Gasteiger partial charge >= 0.3 is 5.97 Å². The Kier molecular flexibility index (Phi) is 5.66. The second kappa shape index (κ2) is 8.14. The zero-order valence-corrected chi connectivity index (χ0v) is 16.1. The molecule has 3 rings (SSSR count). The third-order valence-corrected chi connectivity index (χ3v) is 4.97. The van der Waals surface area contributed by atoms with Crippen LogP contribution in [0.15, 0.2) is 47.7 Å². The van der Waals surface area contributed by atoms with Crippen LogP contribution in [-0.2, 0) is 12.8 Å². The number of hydrogen-bond donors (Lipinski definition) is 2. The first-order chi connectivity index (χ1) is 13.0. The summed E-state index contributed by atoms with van der Waals surface area (Å²) in [5, 5.41) is 16.6. The van der Waals surface area contributed by atoms with Crippen molar-refractivity contribution in [3.8, 4) is 11.4 Å². The summed E-state index contributed by atoms with van der Waals surface area (Å²) in [5.74, 6) is 0.476. The first kappa shape index (κ1) is 18.8. The number of allylic oxidation sites excluding steroid dienone is 1. The van der Waals surface area contributed by atoms with Crippen molar-refractivity contribution in [3.05, 3.63) is 70.1 Å². The molecular formula is C21H21N3O2S. The average molecular weight is 379 g/mol. The molecule has 0 spiro atoms. The molecule has 2 heterocycles. The predicted octanol–water partition coefficient (Wildman–Crippen LogP) is 5.25. The Morgan fingerprint density at radius 1 is 1.33 bits per heavy atom. The lowest BCUT2D eigenvalue weighted by Gasteiger charge is -2.16. The lowest BCUT2D eigenvalue weighted by atomic mass is 10.1. The summed E-state index contributed by atoms with van der Waals surface area (Å²) in [4.78, 5) is 20.7. The number of rotatable bonds is 7. The molecule has 0 radical (unpaired) electrons. The predicted molar refractivity (Wildman–Crippen MR) is 110 cm³/mol. The number of carboxylic acid groups (broad SMARTS) is 1. The quantitative estimate of drug-likeness (QED) is 0.549. The first-order valence-electron chi connectivity index (χ1n) is 8.67. The summed E-state index contributed by atoms with van der Waals surface area (Å²) in [6.07, 6.45) is 3.28. The molecule has 1 aromatic carbocycles. The normalized spacial score (nSPS) is 10.6. The number of nitrogens with zero attached hydrogens (tertiary/aromatic N) is 2. The number of carbonyl (C=O) groups is 1. The zero-order valence-electron chi connectivity index (χ0n) is 15.3. The van der Waals surface area contributed by atoms with Gasteiger partial charge in [0.25, 0.3) is 0 Å². The average Bonchev–Trinajstić information content (AvgIpc) is 3.19. The van der Waals surface area contributed by atoms with E-state index in [0.29, 0.717) is 12.2 Å². The smallest absolute Gasteiger partial charge is 0.335 e. The maximum atomic E-state index is 11.2. The number of hydrogen-bond acceptors (Lipinski definition) is 5. The van der Waals surface area contributed by atoms with E-state index in [0.717, 1.165) is 40.3 Å². The van der Waals surface area contributed by atoms with Gasteiger partial charge in [-0.3, -0.25) is 0 Å². The summed E-state index contributed by atoms with van der Waals surface area (Å²) in [7, 11) is 0. The molecule has 0 aliphatic rings. The van der Waals surface area contributed by atoms with Crippen molar-refractivity contribution in [2.75, 3.05) is 5.32 Å². The minimum Gasteiger partial charge on any atom is -0.478 e. The standard InChI is InChI=1S/C21H21N3O2S/c1-4-6-16-17(5-2)22-19(15-9-10-27-12-15)24-20(16)23-18-8-7-14(21(25)26)11-13(18)3/h4,7-12H,1,5-6H2,2-3H3,(H,25,26)(H,22,23,24). The number of carboxylic acids is 1. The molecule has 0 atom stereocenters. The zero-order chi connectivity index (χ0) is 19.4. The van der Waals surface area contributed by atoms with E-state index in [2.05, 4.69) is 18.8 Å². The van der Waals surface area contributed by atoms with E-state index in [4.69, 9.17) is 15.1 Å². The van der Waals surface area contributed by atoms with E-state index >= 15 is 0 Å². The summed E-state index contributed by atoms with van der Waals surface area (Å²) < 4.78 is 0. The fraction of sp³-hybridized carbons (Fsp3) is 0.190. The Bertz CT molecular complexity index is 981. The van der Waals surface area contributed by atoms with Gasteiger partial charge in [0, 0.05) is 27.9 Å². The molecule has 138 valence electrons. The van der Waals surface area contributed by atoms with Gasteiger partial charge in [0.05, 0.1) is 5.56 Å². The highest BCUT2D eigenvalue weighted by atomic mass is 32.1. The van der Waals surface area contributed by atoms with Crippen LogP contribution in [0.2, 0.25) is 0 Å². The van der Waals surface area contributed by atoms with Crippen molar-refractivity contribution in [2.45, 2.75) is 26.7 Å². The van der Waals surface area contributed by atoms with Crippen LogP contribution in [0.25, 0.3) is 11.4 Å². The Morgan fingerprint density at radius 3 is 2.74 bits per heavy atom. The van der Waals surface area contributed by atoms with Crippen LogP contribution >= 0.6 is 11.3 Å². The Hall–Kier alpha value is -2.99. The lowest BCUT2D eigenvalue weighted by molar-refractivity contribution is 0.0697. The van der Waals surface area contributed by atoms with E-state index in [9.17, 15) is 4.79 Å². The van der Waals surface area contributed by atoms with Crippen molar-refractivity contribution >= 4 is 28.8 Å². The molecule has 0 aliphatic carbocycles. The van der Waals surface area contributed by atoms with Crippen molar-refractivity contribution < 1.29 is 9.90 Å². The first-order valence-corrected chi connectivity index (χ1v) is 9.62. The third kappa shape index (κ3) is 4.06. The fourth-order valence-electron chi connectivity index (χ4n) is 2.87. The molecule has 0 amide bonds. The monoisotopic (exact) mass is 379 g/mol. The summed E-state index contributed by atoms with van der Waals surface area (Å²) in [5.41, 5.74) is 4.90. The molecule has 5 nitrogen and oxygen atoms in total. The van der Waals surface area contributed by atoms with Gasteiger partial charge in [0.15, 0.2) is 5.82 Å². The number of thiophene rings is 1. The highest BCUT2D eigenvalue weighted by Crippen LogP contribution is 2.29. The largest absolute Gasteiger partial charge is 0.478 e. The molecule has 27 heavy (non-hydrogen) atoms. The van der Waals surface area contributed by atoms with Crippen LogP contribution in [0.4, 0.5) is 11.5 Å². The fourth-order valence-corrected chi connectivity index (χ4v) is 3.50. The minimum atomic E-state index is -0.938. The molecule has 2 N–H and O–H groups in total. The molecule has 0 bridgehead atoms. The molecule has 3 aromatic rings. The van der Waals surface area contributed by atoms with E-state index in [-0.39, 0.29) is 5.56 Å². The van der Waals surface area contributed by atoms with E-state index < -0.39 is 5.97 Å². The second-order valence-electron chi connectivity index (χ2n) is 6.14. The van der Waals surface area contributed by atoms with Gasteiger partial charge in [-0.05, 0) is 55.0 Å². The summed E-state index contributed by atoms with van der Waals surface area (Å²) in [6, 6.07) is 7.02. The number of anilines is 2. The van der Waals surface area contributed by atoms with Crippen molar-refractivity contribution in [2.24, 2.45) is 0 Å². The maximum absolute atomic E-state index is 11.2. The SMILES string of the molecule is C=CCc1c(CC)nc(-c2ccsc2)nc1Nc1ccc(C(=O)O)cc1C. The van der Waals surface area contributed by atoms with Gasteiger partial charge in [0.1, 0.15) is 5.82 Å². The summed E-state index contributed by atoms with van der Waals surface area (Å²) in [6.45, 7) is 7.80. The van der Waals surface area contributed by atoms with Gasteiger partial charge in [-0.15, -0.1) is 6.58 Å². The molecule has 0 saturated heterocycles. The van der Waals surface area contributed by atoms with E-state index in [1.54, 1.807) is 29.5 Å². The molecule has 0 saturated carbocycles. The highest BCUT2D eigenvalue weighted by Gasteiger charge is 2.15. The minimum absolute atomic E-state index is 0.264. The number of aromatic carboxylic acids is 1. The van der Waals surface area contributed by atoms with Gasteiger partial charge in [-0.1, -0.05) is 13.0 Å². The topological polar surface area (TPSA) is 75.1 Å². The number of benzene rings is 1. The highest BCUT2D eigenvalue weighted by molar-refractivity contribution is 7.08. The molecular weight excluding hydrogens is 358 g/mol. The molecule has 2 aromatic heterocycles. The third-order valence-electron chi connectivity index (χ3n) is 4.28. The second-order valence-corrected chi connectivity index (χ2v) is 6.92. The molecule has 6 heteroatoms. The van der Waals surface area contributed by atoms with Crippen LogP contribution in [0.5, 0.6) is 0 Å². The van der Waals surface area contributed by atoms with Crippen LogP contribution in [0, 0.1) is 6.92 Å². The number of nitrogens with one attached hydrogen (secondary N) is 1. The van der Waals surface area contributed by atoms with Gasteiger partial charge in [-0.2, -0.15) is 11.3 Å². The summed E-state index contributed by atoms with van der Waals surface area (Å²) >= 11 is 1.61. The maximum Gasteiger partial charge on any atom is 0.335 e. The number of aromatic nitrogens is 2. The van der Waals surface area contributed by atoms with Crippen molar-refractivity contribution in [1.29, 1.82) is 0 Å². The van der Waals surface area contributed by atoms with E-state index in [1.165, 1.54) is 0 Å². The lowest BCUT2D eigenvalue weighted by Crippen LogP contribution is -2.08. The van der Waals surface area contributed by atoms with Crippen LogP contribution in [-0.4, -0.2) is 21.0 Å².